The van der Waals surface area contributed by atoms with Gasteiger partial charge in [0, 0.05) is 39.1 Å². The second-order valence-corrected chi connectivity index (χ2v) is 13.3. The molecule has 230 valence electrons. The van der Waals surface area contributed by atoms with Crippen LogP contribution in [0.2, 0.25) is 0 Å². The number of aliphatic hydroxyl groups is 1. The Morgan fingerprint density at radius 2 is 1.66 bits per heavy atom. The van der Waals surface area contributed by atoms with E-state index in [-0.39, 0.29) is 36.2 Å². The third-order valence-corrected chi connectivity index (χ3v) is 9.12. The van der Waals surface area contributed by atoms with Gasteiger partial charge in [0.15, 0.2) is 6.10 Å². The largest absolute Gasteiger partial charge is 0.471 e. The molecule has 4 fully saturated rings. The van der Waals surface area contributed by atoms with Crippen molar-refractivity contribution in [1.82, 2.24) is 25.3 Å². The molecule has 0 aromatic heterocycles. The molecule has 5 amide bonds. The smallest absolute Gasteiger partial charge is 0.381 e. The number of nitrogens with zero attached hydrogens (tertiary/aromatic N) is 3. The standard InChI is InChI=1S/C27H40F3N5O6/c1-25(2,3)20(32-24(41)27(28,29)30)23(40)35-12-14-17(26(14,4)5)18(35)21(38)31-15(13-34-9-6-8-16(34)36)19(37)22(39)33-10-7-11-33/h14-15,17-20,37H,6-13H2,1-5H3,(H,31,38)(H,32,41)/t14?,15-,17?,18?,19?,20+/m0/s1. The van der Waals surface area contributed by atoms with E-state index in [4.69, 9.17) is 0 Å². The van der Waals surface area contributed by atoms with Gasteiger partial charge >= 0.3 is 12.1 Å². The van der Waals surface area contributed by atoms with Crippen LogP contribution in [0.15, 0.2) is 0 Å². The monoisotopic (exact) mass is 587 g/mol. The number of nitrogens with one attached hydrogen (secondary N) is 2. The highest BCUT2D eigenvalue weighted by Crippen LogP contribution is 2.65. The maximum absolute atomic E-state index is 13.9. The van der Waals surface area contributed by atoms with Crippen molar-refractivity contribution in [2.75, 3.05) is 32.7 Å². The fourth-order valence-electron chi connectivity index (χ4n) is 6.36. The minimum Gasteiger partial charge on any atom is -0.381 e. The van der Waals surface area contributed by atoms with Gasteiger partial charge in [0.1, 0.15) is 12.1 Å². The fourth-order valence-corrected chi connectivity index (χ4v) is 6.36. The Kier molecular flexibility index (Phi) is 8.13. The lowest BCUT2D eigenvalue weighted by molar-refractivity contribution is -0.176. The van der Waals surface area contributed by atoms with Gasteiger partial charge < -0.3 is 30.4 Å². The van der Waals surface area contributed by atoms with Gasteiger partial charge in [-0.1, -0.05) is 34.6 Å². The second-order valence-electron chi connectivity index (χ2n) is 13.3. The summed E-state index contributed by atoms with van der Waals surface area (Å²) in [5.41, 5.74) is -1.45. The van der Waals surface area contributed by atoms with Crippen LogP contribution in [0.3, 0.4) is 0 Å². The molecule has 14 heteroatoms. The van der Waals surface area contributed by atoms with Crippen LogP contribution in [0, 0.1) is 22.7 Å². The van der Waals surface area contributed by atoms with Crippen LogP contribution in [-0.4, -0.2) is 112 Å². The van der Waals surface area contributed by atoms with Crippen LogP contribution in [0.25, 0.3) is 0 Å². The molecule has 3 aliphatic heterocycles. The van der Waals surface area contributed by atoms with E-state index in [9.17, 15) is 42.3 Å². The normalized spacial score (nSPS) is 27.5. The SMILES string of the molecule is CC1(C)C2CN(C(=O)[C@@H](NC(=O)C(F)(F)F)C(C)(C)C)C(C(=O)N[C@@H](CN3CCCC3=O)C(O)C(=O)N3CCC3)C21. The van der Waals surface area contributed by atoms with Crippen molar-refractivity contribution in [2.24, 2.45) is 22.7 Å². The average Bonchev–Trinajstić information content (AvgIpc) is 3.16. The Morgan fingerprint density at radius 3 is 2.15 bits per heavy atom. The van der Waals surface area contributed by atoms with E-state index >= 15 is 0 Å². The Hall–Kier alpha value is -2.90. The predicted molar refractivity (Wildman–Crippen MR) is 139 cm³/mol. The lowest BCUT2D eigenvalue weighted by Crippen LogP contribution is -2.63. The van der Waals surface area contributed by atoms with E-state index in [0.717, 1.165) is 6.42 Å². The van der Waals surface area contributed by atoms with Gasteiger partial charge in [-0.2, -0.15) is 13.2 Å². The number of carbonyl (C=O) groups excluding carboxylic acids is 5. The van der Waals surface area contributed by atoms with Gasteiger partial charge in [0.05, 0.1) is 6.04 Å². The van der Waals surface area contributed by atoms with Crippen molar-refractivity contribution in [2.45, 2.75) is 84.3 Å². The van der Waals surface area contributed by atoms with E-state index in [2.05, 4.69) is 5.32 Å². The summed E-state index contributed by atoms with van der Waals surface area (Å²) in [6.07, 6.45) is -5.12. The Morgan fingerprint density at radius 1 is 1.02 bits per heavy atom. The van der Waals surface area contributed by atoms with Gasteiger partial charge in [-0.05, 0) is 35.5 Å². The van der Waals surface area contributed by atoms with Crippen LogP contribution in [0.5, 0.6) is 0 Å². The Balaban J connectivity index is 1.58. The predicted octanol–water partition coefficient (Wildman–Crippen LogP) is 0.263. The number of hydrogen-bond donors (Lipinski definition) is 3. The molecule has 1 saturated carbocycles. The summed E-state index contributed by atoms with van der Waals surface area (Å²) in [5, 5.41) is 15.5. The summed E-state index contributed by atoms with van der Waals surface area (Å²) in [4.78, 5) is 68.8. The third kappa shape index (κ3) is 6.02. The molecule has 4 rings (SSSR count). The molecular formula is C27H40F3N5O6. The minimum atomic E-state index is -5.20. The maximum atomic E-state index is 13.9. The first kappa shape index (κ1) is 31.0. The number of hydrogen-bond acceptors (Lipinski definition) is 6. The molecule has 0 spiro atoms. The number of fused-ring (bicyclic) bond motifs is 1. The molecule has 0 radical (unpaired) electrons. The number of amides is 5. The van der Waals surface area contributed by atoms with Gasteiger partial charge in [-0.25, -0.2) is 0 Å². The van der Waals surface area contributed by atoms with Gasteiger partial charge in [-0.15, -0.1) is 0 Å². The molecule has 11 nitrogen and oxygen atoms in total. The number of rotatable bonds is 8. The van der Waals surface area contributed by atoms with Crippen molar-refractivity contribution in [1.29, 1.82) is 0 Å². The van der Waals surface area contributed by atoms with Crippen molar-refractivity contribution >= 4 is 29.5 Å². The fraction of sp³-hybridized carbons (Fsp3) is 0.815. The van der Waals surface area contributed by atoms with Crippen LogP contribution < -0.4 is 10.6 Å². The van der Waals surface area contributed by atoms with Gasteiger partial charge in [0.25, 0.3) is 5.91 Å². The molecule has 0 aromatic rings. The molecule has 3 heterocycles. The van der Waals surface area contributed by atoms with Crippen LogP contribution >= 0.6 is 0 Å². The zero-order valence-electron chi connectivity index (χ0n) is 24.1. The summed E-state index contributed by atoms with van der Waals surface area (Å²) >= 11 is 0. The Labute approximate surface area is 237 Å². The summed E-state index contributed by atoms with van der Waals surface area (Å²) in [6, 6.07) is -3.82. The molecule has 4 unspecified atom stereocenters. The molecule has 41 heavy (non-hydrogen) atoms. The molecule has 3 saturated heterocycles. The number of halogens is 3. The number of likely N-dealkylation sites (tertiary alicyclic amines) is 3. The molecular weight excluding hydrogens is 547 g/mol. The highest BCUT2D eigenvalue weighted by atomic mass is 19.4. The van der Waals surface area contributed by atoms with Crippen LogP contribution in [-0.2, 0) is 24.0 Å². The topological polar surface area (TPSA) is 139 Å². The lowest BCUT2D eigenvalue weighted by atomic mass is 9.85. The van der Waals surface area contributed by atoms with E-state index in [1.165, 1.54) is 35.5 Å². The molecule has 0 bridgehead atoms. The number of piperidine rings is 1. The number of carbonyl (C=O) groups is 5. The molecule has 0 aromatic carbocycles. The van der Waals surface area contributed by atoms with Gasteiger partial charge in [-0.3, -0.25) is 24.0 Å². The first-order valence-electron chi connectivity index (χ1n) is 14.1. The van der Waals surface area contributed by atoms with Gasteiger partial charge in [0.2, 0.25) is 17.7 Å². The lowest BCUT2D eigenvalue weighted by Gasteiger charge is -2.39. The van der Waals surface area contributed by atoms with Crippen molar-refractivity contribution in [3.8, 4) is 0 Å². The first-order valence-corrected chi connectivity index (χ1v) is 14.1. The minimum absolute atomic E-state index is 0.101. The maximum Gasteiger partial charge on any atom is 0.471 e. The second kappa shape index (κ2) is 10.7. The summed E-state index contributed by atoms with van der Waals surface area (Å²) in [5.74, 6) is -4.89. The average molecular weight is 588 g/mol. The van der Waals surface area contributed by atoms with Crippen molar-refractivity contribution in [3.63, 3.8) is 0 Å². The van der Waals surface area contributed by atoms with E-state index < -0.39 is 59.4 Å². The Bertz CT molecular complexity index is 1100. The molecule has 1 aliphatic carbocycles. The summed E-state index contributed by atoms with van der Waals surface area (Å²) < 4.78 is 39.3. The number of alkyl halides is 3. The third-order valence-electron chi connectivity index (χ3n) is 9.12. The van der Waals surface area contributed by atoms with Crippen LogP contribution in [0.4, 0.5) is 13.2 Å². The van der Waals surface area contributed by atoms with Crippen molar-refractivity contribution in [3.05, 3.63) is 0 Å². The van der Waals surface area contributed by atoms with E-state index in [1.54, 1.807) is 0 Å². The van der Waals surface area contributed by atoms with Crippen molar-refractivity contribution < 1.29 is 42.3 Å². The van der Waals surface area contributed by atoms with Crippen LogP contribution in [0.1, 0.15) is 53.9 Å². The zero-order chi connectivity index (χ0) is 30.7. The highest BCUT2D eigenvalue weighted by Gasteiger charge is 2.70. The summed E-state index contributed by atoms with van der Waals surface area (Å²) in [7, 11) is 0. The zero-order valence-corrected chi connectivity index (χ0v) is 24.1. The first-order chi connectivity index (χ1) is 18.9. The number of aliphatic hydroxyl groups excluding tert-OH is 1. The van der Waals surface area contributed by atoms with E-state index in [1.807, 2.05) is 19.2 Å². The molecule has 6 atom stereocenters. The highest BCUT2D eigenvalue weighted by molar-refractivity contribution is 5.95. The molecule has 3 N–H and O–H groups in total. The molecule has 4 aliphatic rings. The summed E-state index contributed by atoms with van der Waals surface area (Å²) in [6.45, 7) is 9.77. The van der Waals surface area contributed by atoms with E-state index in [0.29, 0.717) is 32.5 Å². The quantitative estimate of drug-likeness (QED) is 0.373.